The zero-order valence-electron chi connectivity index (χ0n) is 8.34. The third-order valence-corrected chi connectivity index (χ3v) is 4.44. The highest BCUT2D eigenvalue weighted by Crippen LogP contribution is 2.51. The third kappa shape index (κ3) is 1.61. The molecule has 2 rings (SSSR count). The summed E-state index contributed by atoms with van der Waals surface area (Å²) < 4.78 is 5.56. The first-order chi connectivity index (χ1) is 6.65. The minimum atomic E-state index is 0.205. The fourth-order valence-corrected chi connectivity index (χ4v) is 3.02. The summed E-state index contributed by atoms with van der Waals surface area (Å²) in [4.78, 5) is 0. The number of methoxy groups -OCH3 is 1. The summed E-state index contributed by atoms with van der Waals surface area (Å²) in [5, 5.41) is 0.787. The van der Waals surface area contributed by atoms with Crippen LogP contribution in [0.25, 0.3) is 0 Å². The van der Waals surface area contributed by atoms with Crippen LogP contribution in [0.2, 0.25) is 5.02 Å². The van der Waals surface area contributed by atoms with Gasteiger partial charge in [-0.2, -0.15) is 11.8 Å². The average molecular weight is 229 g/mol. The zero-order valence-corrected chi connectivity index (χ0v) is 9.91. The molecule has 0 amide bonds. The van der Waals surface area contributed by atoms with Gasteiger partial charge in [-0.3, -0.25) is 0 Å². The van der Waals surface area contributed by atoms with Crippen LogP contribution in [-0.4, -0.2) is 12.9 Å². The zero-order chi connectivity index (χ0) is 10.2. The molecule has 1 nitrogen and oxygen atoms in total. The Labute approximate surface area is 93.8 Å². The van der Waals surface area contributed by atoms with Crippen LogP contribution in [0.15, 0.2) is 18.2 Å². The lowest BCUT2D eigenvalue weighted by Gasteiger charge is -2.38. The van der Waals surface area contributed by atoms with Gasteiger partial charge in [-0.1, -0.05) is 11.6 Å². The van der Waals surface area contributed by atoms with Gasteiger partial charge in [0.15, 0.2) is 0 Å². The molecule has 1 saturated heterocycles. The fourth-order valence-electron chi connectivity index (χ4n) is 1.71. The smallest absolute Gasteiger partial charge is 0.123 e. The topological polar surface area (TPSA) is 9.23 Å². The Kier molecular flexibility index (Phi) is 2.67. The van der Waals surface area contributed by atoms with Crippen LogP contribution >= 0.6 is 23.4 Å². The van der Waals surface area contributed by atoms with E-state index < -0.39 is 0 Å². The van der Waals surface area contributed by atoms with Gasteiger partial charge in [-0.05, 0) is 37.3 Å². The van der Waals surface area contributed by atoms with Gasteiger partial charge in [0.2, 0.25) is 0 Å². The first-order valence-electron chi connectivity index (χ1n) is 4.64. The minimum Gasteiger partial charge on any atom is -0.496 e. The molecule has 0 radical (unpaired) electrons. The van der Waals surface area contributed by atoms with Crippen molar-refractivity contribution in [3.63, 3.8) is 0 Å². The van der Waals surface area contributed by atoms with Gasteiger partial charge in [0.25, 0.3) is 0 Å². The van der Waals surface area contributed by atoms with Crippen LogP contribution in [0.4, 0.5) is 0 Å². The first kappa shape index (κ1) is 10.2. The molecule has 76 valence electrons. The number of halogens is 1. The van der Waals surface area contributed by atoms with Crippen molar-refractivity contribution in [2.24, 2.45) is 0 Å². The Morgan fingerprint density at radius 1 is 1.50 bits per heavy atom. The van der Waals surface area contributed by atoms with Crippen LogP contribution in [0.3, 0.4) is 0 Å². The minimum absolute atomic E-state index is 0.205. The summed E-state index contributed by atoms with van der Waals surface area (Å²) in [5.41, 5.74) is 1.23. The maximum Gasteiger partial charge on any atom is 0.123 e. The Morgan fingerprint density at radius 2 is 2.21 bits per heavy atom. The predicted molar refractivity (Wildman–Crippen MR) is 62.4 cm³/mol. The van der Waals surface area contributed by atoms with Crippen LogP contribution in [0, 0.1) is 0 Å². The quantitative estimate of drug-likeness (QED) is 0.764. The molecule has 3 heteroatoms. The number of benzene rings is 1. The summed E-state index contributed by atoms with van der Waals surface area (Å²) in [7, 11) is 1.71. The Bertz CT molecular complexity index is 347. The molecule has 0 bridgehead atoms. The third-order valence-electron chi connectivity index (χ3n) is 2.73. The van der Waals surface area contributed by atoms with E-state index >= 15 is 0 Å². The monoisotopic (exact) mass is 228 g/mol. The molecule has 1 atom stereocenters. The fraction of sp³-hybridized carbons (Fsp3) is 0.455. The number of hydrogen-bond acceptors (Lipinski definition) is 2. The van der Waals surface area contributed by atoms with E-state index in [0.717, 1.165) is 10.8 Å². The van der Waals surface area contributed by atoms with E-state index in [2.05, 4.69) is 6.92 Å². The second-order valence-electron chi connectivity index (χ2n) is 3.67. The van der Waals surface area contributed by atoms with Gasteiger partial charge >= 0.3 is 0 Å². The highest BCUT2D eigenvalue weighted by molar-refractivity contribution is 8.01. The standard InChI is InChI=1S/C11H13ClOS/c1-11(5-6-14-11)9-7-8(12)3-4-10(9)13-2/h3-4,7H,5-6H2,1-2H3. The molecule has 0 saturated carbocycles. The summed E-state index contributed by atoms with van der Waals surface area (Å²) in [6.45, 7) is 2.25. The van der Waals surface area contributed by atoms with Crippen LogP contribution < -0.4 is 4.74 Å². The maximum atomic E-state index is 6.00. The van der Waals surface area contributed by atoms with Crippen LogP contribution in [0.5, 0.6) is 5.75 Å². The van der Waals surface area contributed by atoms with E-state index in [9.17, 15) is 0 Å². The van der Waals surface area contributed by atoms with Gasteiger partial charge < -0.3 is 4.74 Å². The molecule has 1 aliphatic heterocycles. The van der Waals surface area contributed by atoms with E-state index in [1.54, 1.807) is 7.11 Å². The number of hydrogen-bond donors (Lipinski definition) is 0. The summed E-state index contributed by atoms with van der Waals surface area (Å²) in [5.74, 6) is 2.18. The van der Waals surface area contributed by atoms with Crippen molar-refractivity contribution in [1.29, 1.82) is 0 Å². The van der Waals surface area contributed by atoms with E-state index in [-0.39, 0.29) is 4.75 Å². The summed E-state index contributed by atoms with van der Waals surface area (Å²) in [6, 6.07) is 5.84. The van der Waals surface area contributed by atoms with Gasteiger partial charge in [-0.15, -0.1) is 0 Å². The Balaban J connectivity index is 2.43. The molecule has 1 aliphatic rings. The van der Waals surface area contributed by atoms with E-state index in [1.807, 2.05) is 30.0 Å². The molecule has 1 heterocycles. The highest BCUT2D eigenvalue weighted by Gasteiger charge is 2.36. The van der Waals surface area contributed by atoms with Crippen molar-refractivity contribution in [3.8, 4) is 5.75 Å². The second kappa shape index (κ2) is 3.67. The number of ether oxygens (including phenoxy) is 1. The van der Waals surface area contributed by atoms with Gasteiger partial charge in [0.1, 0.15) is 5.75 Å². The van der Waals surface area contributed by atoms with Crippen LogP contribution in [0.1, 0.15) is 18.9 Å². The van der Waals surface area contributed by atoms with E-state index in [1.165, 1.54) is 17.7 Å². The molecule has 1 aromatic rings. The van der Waals surface area contributed by atoms with Crippen molar-refractivity contribution in [3.05, 3.63) is 28.8 Å². The lowest BCUT2D eigenvalue weighted by atomic mass is 9.95. The molecular formula is C11H13ClOS. The molecular weight excluding hydrogens is 216 g/mol. The molecule has 0 N–H and O–H groups in total. The van der Waals surface area contributed by atoms with Gasteiger partial charge in [-0.25, -0.2) is 0 Å². The number of thioether (sulfide) groups is 1. The molecule has 0 spiro atoms. The number of rotatable bonds is 2. The van der Waals surface area contributed by atoms with Crippen LogP contribution in [-0.2, 0) is 4.75 Å². The van der Waals surface area contributed by atoms with Crippen molar-refractivity contribution in [2.45, 2.75) is 18.1 Å². The Hall–Kier alpha value is -0.340. The molecule has 1 aromatic carbocycles. The summed E-state index contributed by atoms with van der Waals surface area (Å²) >= 11 is 7.96. The highest BCUT2D eigenvalue weighted by atomic mass is 35.5. The largest absolute Gasteiger partial charge is 0.496 e. The lowest BCUT2D eigenvalue weighted by Crippen LogP contribution is -2.28. The SMILES string of the molecule is COc1ccc(Cl)cc1C1(C)CCS1. The first-order valence-corrected chi connectivity index (χ1v) is 6.00. The van der Waals surface area contributed by atoms with Gasteiger partial charge in [0, 0.05) is 15.3 Å². The second-order valence-corrected chi connectivity index (χ2v) is 5.71. The van der Waals surface area contributed by atoms with Crippen molar-refractivity contribution in [2.75, 3.05) is 12.9 Å². The average Bonchev–Trinajstić information content (AvgIpc) is 2.14. The predicted octanol–water partition coefficient (Wildman–Crippen LogP) is 3.70. The normalized spacial score (nSPS) is 25.6. The Morgan fingerprint density at radius 3 is 2.71 bits per heavy atom. The van der Waals surface area contributed by atoms with Crippen molar-refractivity contribution in [1.82, 2.24) is 0 Å². The molecule has 0 aliphatic carbocycles. The van der Waals surface area contributed by atoms with E-state index in [0.29, 0.717) is 0 Å². The molecule has 1 unspecified atom stereocenters. The summed E-state index contributed by atoms with van der Waals surface area (Å²) in [6.07, 6.45) is 1.20. The molecule has 0 aromatic heterocycles. The lowest BCUT2D eigenvalue weighted by molar-refractivity contribution is 0.401. The molecule has 14 heavy (non-hydrogen) atoms. The van der Waals surface area contributed by atoms with Crippen molar-refractivity contribution < 1.29 is 4.74 Å². The molecule has 1 fully saturated rings. The maximum absolute atomic E-state index is 6.00. The van der Waals surface area contributed by atoms with Gasteiger partial charge in [0.05, 0.1) is 7.11 Å². The van der Waals surface area contributed by atoms with E-state index in [4.69, 9.17) is 16.3 Å². The van der Waals surface area contributed by atoms with Crippen molar-refractivity contribution >= 4 is 23.4 Å².